The van der Waals surface area contributed by atoms with E-state index in [0.29, 0.717) is 12.8 Å². The molecule has 5 heteroatoms. The smallest absolute Gasteiger partial charge is 0.249 e. The van der Waals surface area contributed by atoms with Gasteiger partial charge in [-0.15, -0.1) is 0 Å². The van der Waals surface area contributed by atoms with Crippen molar-refractivity contribution in [3.8, 4) is 0 Å². The minimum atomic E-state index is -2.60. The second-order valence-electron chi connectivity index (χ2n) is 10.6. The first kappa shape index (κ1) is 18.5. The number of Topliss-reactive ketones (excluding diaryl/α,β-unsaturated/α-hetero) is 1. The number of aromatic nitrogens is 2. The van der Waals surface area contributed by atoms with Gasteiger partial charge in [-0.1, -0.05) is 43.7 Å². The molecule has 2 aromatic rings. The van der Waals surface area contributed by atoms with Gasteiger partial charge in [-0.05, 0) is 35.8 Å². The van der Waals surface area contributed by atoms with Crippen molar-refractivity contribution in [2.24, 2.45) is 5.41 Å². The van der Waals surface area contributed by atoms with Gasteiger partial charge >= 0.3 is 0 Å². The Bertz CT molecular complexity index is 1120. The van der Waals surface area contributed by atoms with Gasteiger partial charge in [-0.2, -0.15) is 5.10 Å². The number of allylic oxidation sites excluding steroid dienone is 2. The molecule has 3 nitrogen and oxygen atoms in total. The van der Waals surface area contributed by atoms with Crippen LogP contribution in [0.2, 0.25) is 0 Å². The zero-order valence-electron chi connectivity index (χ0n) is 17.4. The predicted molar refractivity (Wildman–Crippen MR) is 110 cm³/mol. The Morgan fingerprint density at radius 2 is 1.90 bits per heavy atom. The molecule has 0 unspecified atom stereocenters. The van der Waals surface area contributed by atoms with Gasteiger partial charge in [0.2, 0.25) is 5.92 Å². The molecule has 0 aliphatic heterocycles. The molecule has 1 heterocycles. The van der Waals surface area contributed by atoms with E-state index in [1.807, 2.05) is 12.1 Å². The number of hydrogen-bond acceptors (Lipinski definition) is 2. The first-order chi connectivity index (χ1) is 14.2. The Balaban J connectivity index is 1.60. The quantitative estimate of drug-likeness (QED) is 0.687. The van der Waals surface area contributed by atoms with Gasteiger partial charge in [0.25, 0.3) is 0 Å². The summed E-state index contributed by atoms with van der Waals surface area (Å²) in [4.78, 5) is 13.6. The van der Waals surface area contributed by atoms with Crippen LogP contribution in [0, 0.1) is 5.41 Å². The second kappa shape index (κ2) is 5.68. The SMILES string of the molecule is CC1(C)CC(=O)C2=C(Cc3[nH]nc(C4CC(F)(F)C4)c3[C@]23CCc2ccccc23)C1. The van der Waals surface area contributed by atoms with E-state index in [-0.39, 0.29) is 30.0 Å². The number of fused-ring (bicyclic) bond motifs is 5. The summed E-state index contributed by atoms with van der Waals surface area (Å²) in [5, 5.41) is 7.82. The molecule has 6 rings (SSSR count). The molecule has 0 bridgehead atoms. The van der Waals surface area contributed by atoms with Crippen LogP contribution in [-0.2, 0) is 23.1 Å². The Morgan fingerprint density at radius 1 is 1.13 bits per heavy atom. The molecule has 1 spiro atoms. The number of rotatable bonds is 1. The van der Waals surface area contributed by atoms with Gasteiger partial charge in [-0.3, -0.25) is 9.89 Å². The zero-order chi connectivity index (χ0) is 20.9. The molecule has 30 heavy (non-hydrogen) atoms. The largest absolute Gasteiger partial charge is 0.294 e. The summed E-state index contributed by atoms with van der Waals surface area (Å²) < 4.78 is 27.5. The van der Waals surface area contributed by atoms with E-state index in [4.69, 9.17) is 0 Å². The van der Waals surface area contributed by atoms with Crippen molar-refractivity contribution in [1.29, 1.82) is 0 Å². The van der Waals surface area contributed by atoms with Crippen LogP contribution < -0.4 is 0 Å². The first-order valence-corrected chi connectivity index (χ1v) is 11.0. The maximum Gasteiger partial charge on any atom is 0.249 e. The molecule has 156 valence electrons. The Labute approximate surface area is 175 Å². The molecule has 4 aliphatic rings. The van der Waals surface area contributed by atoms with Crippen molar-refractivity contribution in [2.75, 3.05) is 0 Å². The van der Waals surface area contributed by atoms with Gasteiger partial charge in [0.05, 0.1) is 11.1 Å². The van der Waals surface area contributed by atoms with Crippen LogP contribution in [0.3, 0.4) is 0 Å². The van der Waals surface area contributed by atoms with E-state index in [2.05, 4.69) is 36.2 Å². The molecule has 1 atom stereocenters. The van der Waals surface area contributed by atoms with Crippen LogP contribution in [0.4, 0.5) is 8.78 Å². The number of H-pyrrole nitrogens is 1. The van der Waals surface area contributed by atoms with E-state index in [1.54, 1.807) is 0 Å². The standard InChI is InChI=1S/C25H26F2N2O/c1-23(2)10-15-9-18-21(22(29-28-18)16-11-24(26,27)12-16)25(20(15)19(30)13-23)8-7-14-5-3-4-6-17(14)25/h3-6,16H,7-13H2,1-2H3,(H,28,29)/t25-/m0/s1. The number of halogens is 2. The van der Waals surface area contributed by atoms with E-state index in [9.17, 15) is 13.6 Å². The molecule has 1 saturated carbocycles. The average Bonchev–Trinajstić information content (AvgIpc) is 3.21. The molecule has 0 saturated heterocycles. The van der Waals surface area contributed by atoms with Crippen molar-refractivity contribution in [3.05, 3.63) is 63.5 Å². The van der Waals surface area contributed by atoms with Crippen LogP contribution in [0.15, 0.2) is 35.4 Å². The number of hydrogen-bond donors (Lipinski definition) is 1. The molecular formula is C25H26F2N2O. The third-order valence-electron chi connectivity index (χ3n) is 7.80. The van der Waals surface area contributed by atoms with Gasteiger partial charge in [0, 0.05) is 48.4 Å². The minimum Gasteiger partial charge on any atom is -0.294 e. The lowest BCUT2D eigenvalue weighted by molar-refractivity contribution is -0.118. The third-order valence-corrected chi connectivity index (χ3v) is 7.80. The molecule has 1 aromatic carbocycles. The predicted octanol–water partition coefficient (Wildman–Crippen LogP) is 5.40. The molecular weight excluding hydrogens is 382 g/mol. The summed E-state index contributed by atoms with van der Waals surface area (Å²) in [6.45, 7) is 4.32. The molecule has 4 aliphatic carbocycles. The Hall–Kier alpha value is -2.30. The van der Waals surface area contributed by atoms with Crippen LogP contribution in [0.25, 0.3) is 0 Å². The van der Waals surface area contributed by atoms with Gasteiger partial charge in [0.15, 0.2) is 5.78 Å². The third kappa shape index (κ3) is 2.35. The lowest BCUT2D eigenvalue weighted by Gasteiger charge is -2.45. The van der Waals surface area contributed by atoms with Crippen LogP contribution in [0.1, 0.15) is 79.9 Å². The average molecular weight is 408 g/mol. The number of carbonyl (C=O) groups excluding carboxylic acids is 1. The highest BCUT2D eigenvalue weighted by Crippen LogP contribution is 2.60. The highest BCUT2D eigenvalue weighted by atomic mass is 19.3. The number of nitrogens with one attached hydrogen (secondary N) is 1. The monoisotopic (exact) mass is 408 g/mol. The normalized spacial score (nSPS) is 28.9. The summed E-state index contributed by atoms with van der Waals surface area (Å²) in [5.74, 6) is -2.60. The molecule has 0 amide bonds. The number of aryl methyl sites for hydroxylation is 1. The summed E-state index contributed by atoms with van der Waals surface area (Å²) in [5.41, 5.74) is 6.88. The highest BCUT2D eigenvalue weighted by molar-refractivity contribution is 6.02. The zero-order valence-corrected chi connectivity index (χ0v) is 17.4. The fraction of sp³-hybridized carbons (Fsp3) is 0.520. The fourth-order valence-electron chi connectivity index (χ4n) is 6.76. The second-order valence-corrected chi connectivity index (χ2v) is 10.6. The molecule has 0 radical (unpaired) electrons. The fourth-order valence-corrected chi connectivity index (χ4v) is 6.76. The van der Waals surface area contributed by atoms with Crippen molar-refractivity contribution < 1.29 is 13.6 Å². The maximum atomic E-state index is 13.7. The number of alkyl halides is 2. The lowest BCUT2D eigenvalue weighted by Crippen LogP contribution is -2.43. The summed E-state index contributed by atoms with van der Waals surface area (Å²) in [6.07, 6.45) is 3.55. The maximum absolute atomic E-state index is 13.7. The van der Waals surface area contributed by atoms with Crippen LogP contribution in [0.5, 0.6) is 0 Å². The number of ketones is 1. The highest BCUT2D eigenvalue weighted by Gasteiger charge is 2.56. The first-order valence-electron chi connectivity index (χ1n) is 11.0. The summed E-state index contributed by atoms with van der Waals surface area (Å²) >= 11 is 0. The lowest BCUT2D eigenvalue weighted by atomic mass is 9.57. The number of nitrogens with zero attached hydrogens (tertiary/aromatic N) is 1. The van der Waals surface area contributed by atoms with E-state index in [0.717, 1.165) is 41.8 Å². The molecule has 1 N–H and O–H groups in total. The molecule has 1 fully saturated rings. The topological polar surface area (TPSA) is 45.8 Å². The minimum absolute atomic E-state index is 0.0500. The van der Waals surface area contributed by atoms with Crippen molar-refractivity contribution in [2.45, 2.75) is 76.0 Å². The summed E-state index contributed by atoms with van der Waals surface area (Å²) in [7, 11) is 0. The molecule has 1 aromatic heterocycles. The van der Waals surface area contributed by atoms with Gasteiger partial charge < -0.3 is 0 Å². The van der Waals surface area contributed by atoms with E-state index >= 15 is 0 Å². The number of aromatic amines is 1. The van der Waals surface area contributed by atoms with Crippen molar-refractivity contribution >= 4 is 5.78 Å². The number of benzene rings is 1. The Kier molecular flexibility index (Phi) is 3.50. The van der Waals surface area contributed by atoms with Crippen LogP contribution in [-0.4, -0.2) is 21.9 Å². The van der Waals surface area contributed by atoms with E-state index in [1.165, 1.54) is 16.7 Å². The van der Waals surface area contributed by atoms with E-state index < -0.39 is 11.3 Å². The van der Waals surface area contributed by atoms with Gasteiger partial charge in [-0.25, -0.2) is 8.78 Å². The van der Waals surface area contributed by atoms with Crippen LogP contribution >= 0.6 is 0 Å². The number of carbonyl (C=O) groups is 1. The van der Waals surface area contributed by atoms with Crippen molar-refractivity contribution in [3.63, 3.8) is 0 Å². The van der Waals surface area contributed by atoms with Gasteiger partial charge in [0.1, 0.15) is 0 Å². The Morgan fingerprint density at radius 3 is 2.67 bits per heavy atom. The van der Waals surface area contributed by atoms with Crippen molar-refractivity contribution in [1.82, 2.24) is 10.2 Å². The summed E-state index contributed by atoms with van der Waals surface area (Å²) in [6, 6.07) is 8.37.